The third kappa shape index (κ3) is 3.40. The van der Waals surface area contributed by atoms with Crippen LogP contribution in [-0.2, 0) is 0 Å². The van der Waals surface area contributed by atoms with Crippen LogP contribution in [0.25, 0.3) is 0 Å². The van der Waals surface area contributed by atoms with E-state index in [1.165, 1.54) is 43.4 Å². The van der Waals surface area contributed by atoms with E-state index in [1.807, 2.05) is 0 Å². The van der Waals surface area contributed by atoms with Crippen LogP contribution in [-0.4, -0.2) is 23.1 Å². The quantitative estimate of drug-likeness (QED) is 0.856. The molecule has 3 rings (SSSR count). The van der Waals surface area contributed by atoms with Crippen molar-refractivity contribution >= 4 is 11.8 Å². The third-order valence-electron chi connectivity index (χ3n) is 4.91. The second-order valence-electron chi connectivity index (χ2n) is 6.53. The Morgan fingerprint density at radius 2 is 2.00 bits per heavy atom. The molecule has 2 aliphatic rings. The molecular weight excluding hydrogens is 262 g/mol. The predicted molar refractivity (Wildman–Crippen MR) is 89.6 cm³/mol. The van der Waals surface area contributed by atoms with Crippen LogP contribution in [0.5, 0.6) is 0 Å². The lowest BCUT2D eigenvalue weighted by Crippen LogP contribution is -2.44. The lowest BCUT2D eigenvalue weighted by atomic mass is 9.75. The summed E-state index contributed by atoms with van der Waals surface area (Å²) in [6, 6.07) is 10.6. The second kappa shape index (κ2) is 6.53. The molecule has 0 amide bonds. The van der Waals surface area contributed by atoms with Crippen molar-refractivity contribution in [2.24, 2.45) is 0 Å². The SMILES string of the molecule is CCSC1CCC(NC2CC(c3cccc(C)c3)C2)C1. The van der Waals surface area contributed by atoms with E-state index in [0.29, 0.717) is 0 Å². The first-order valence-corrected chi connectivity index (χ1v) is 9.23. The molecule has 1 nitrogen and oxygen atoms in total. The molecule has 0 bridgehead atoms. The molecular formula is C18H27NS. The molecule has 0 radical (unpaired) electrons. The van der Waals surface area contributed by atoms with Gasteiger partial charge in [-0.1, -0.05) is 36.8 Å². The number of aryl methyl sites for hydroxylation is 1. The molecule has 1 aromatic carbocycles. The lowest BCUT2D eigenvalue weighted by molar-refractivity contribution is 0.265. The maximum Gasteiger partial charge on any atom is 0.00813 e. The van der Waals surface area contributed by atoms with Gasteiger partial charge in [-0.05, 0) is 56.3 Å². The lowest BCUT2D eigenvalue weighted by Gasteiger charge is -2.38. The molecule has 2 atom stereocenters. The summed E-state index contributed by atoms with van der Waals surface area (Å²) in [5.74, 6) is 2.07. The normalized spacial score (nSPS) is 33.1. The van der Waals surface area contributed by atoms with Crippen LogP contribution in [0.1, 0.15) is 56.1 Å². The Balaban J connectivity index is 1.43. The first-order chi connectivity index (χ1) is 9.74. The minimum atomic E-state index is 0.774. The Morgan fingerprint density at radius 1 is 1.15 bits per heavy atom. The van der Waals surface area contributed by atoms with Gasteiger partial charge in [0.25, 0.3) is 0 Å². The molecule has 2 saturated carbocycles. The Kier molecular flexibility index (Phi) is 4.72. The summed E-state index contributed by atoms with van der Waals surface area (Å²) in [6.45, 7) is 4.48. The summed E-state index contributed by atoms with van der Waals surface area (Å²) < 4.78 is 0. The van der Waals surface area contributed by atoms with Crippen molar-refractivity contribution in [3.05, 3.63) is 35.4 Å². The van der Waals surface area contributed by atoms with E-state index in [2.05, 4.69) is 55.2 Å². The Hall–Kier alpha value is -0.470. The standard InChI is InChI=1S/C18H27NS/c1-3-20-18-8-7-16(12-18)19-17-10-15(11-17)14-6-4-5-13(2)9-14/h4-6,9,15-19H,3,7-8,10-12H2,1-2H3. The van der Waals surface area contributed by atoms with Crippen molar-refractivity contribution in [1.82, 2.24) is 5.32 Å². The largest absolute Gasteiger partial charge is 0.311 e. The molecule has 0 saturated heterocycles. The smallest absolute Gasteiger partial charge is 0.00813 e. The molecule has 2 heteroatoms. The average Bonchev–Trinajstić information content (AvgIpc) is 2.81. The topological polar surface area (TPSA) is 12.0 Å². The van der Waals surface area contributed by atoms with E-state index in [1.54, 1.807) is 5.56 Å². The van der Waals surface area contributed by atoms with E-state index >= 15 is 0 Å². The Labute approximate surface area is 127 Å². The maximum absolute atomic E-state index is 3.90. The van der Waals surface area contributed by atoms with Crippen molar-refractivity contribution in [3.63, 3.8) is 0 Å². The molecule has 0 spiro atoms. The Morgan fingerprint density at radius 3 is 2.75 bits per heavy atom. The predicted octanol–water partition coefficient (Wildman–Crippen LogP) is 4.50. The van der Waals surface area contributed by atoms with Crippen LogP contribution in [0.2, 0.25) is 0 Å². The third-order valence-corrected chi connectivity index (χ3v) is 6.14. The van der Waals surface area contributed by atoms with Crippen LogP contribution in [0.3, 0.4) is 0 Å². The van der Waals surface area contributed by atoms with Crippen LogP contribution in [0.15, 0.2) is 24.3 Å². The van der Waals surface area contributed by atoms with Crippen LogP contribution in [0.4, 0.5) is 0 Å². The van der Waals surface area contributed by atoms with Crippen LogP contribution in [0, 0.1) is 6.92 Å². The van der Waals surface area contributed by atoms with Gasteiger partial charge in [0.15, 0.2) is 0 Å². The highest BCUT2D eigenvalue weighted by molar-refractivity contribution is 7.99. The summed E-state index contributed by atoms with van der Waals surface area (Å²) in [5, 5.41) is 4.83. The molecule has 0 heterocycles. The van der Waals surface area contributed by atoms with Crippen molar-refractivity contribution in [2.75, 3.05) is 5.75 Å². The van der Waals surface area contributed by atoms with E-state index in [0.717, 1.165) is 23.3 Å². The van der Waals surface area contributed by atoms with Gasteiger partial charge in [0.1, 0.15) is 0 Å². The maximum atomic E-state index is 3.90. The summed E-state index contributed by atoms with van der Waals surface area (Å²) >= 11 is 2.15. The van der Waals surface area contributed by atoms with Crippen molar-refractivity contribution in [2.45, 2.75) is 69.2 Å². The minimum absolute atomic E-state index is 0.774. The molecule has 0 aromatic heterocycles. The zero-order chi connectivity index (χ0) is 13.9. The fourth-order valence-electron chi connectivity index (χ4n) is 3.76. The van der Waals surface area contributed by atoms with E-state index in [9.17, 15) is 0 Å². The summed E-state index contributed by atoms with van der Waals surface area (Å²) in [5.41, 5.74) is 2.95. The van der Waals surface area contributed by atoms with Gasteiger partial charge in [-0.25, -0.2) is 0 Å². The van der Waals surface area contributed by atoms with Gasteiger partial charge in [-0.2, -0.15) is 11.8 Å². The van der Waals surface area contributed by atoms with Crippen LogP contribution >= 0.6 is 11.8 Å². The first kappa shape index (κ1) is 14.5. The number of hydrogen-bond acceptors (Lipinski definition) is 2. The Bertz CT molecular complexity index is 439. The highest BCUT2D eigenvalue weighted by Crippen LogP contribution is 2.39. The van der Waals surface area contributed by atoms with Gasteiger partial charge in [0.2, 0.25) is 0 Å². The van der Waals surface area contributed by atoms with Gasteiger partial charge in [-0.15, -0.1) is 0 Å². The second-order valence-corrected chi connectivity index (χ2v) is 8.11. The highest BCUT2D eigenvalue weighted by atomic mass is 32.2. The van der Waals surface area contributed by atoms with Gasteiger partial charge in [0, 0.05) is 17.3 Å². The van der Waals surface area contributed by atoms with Crippen molar-refractivity contribution in [1.29, 1.82) is 0 Å². The number of nitrogens with one attached hydrogen (secondary N) is 1. The summed E-state index contributed by atoms with van der Waals surface area (Å²) in [7, 11) is 0. The first-order valence-electron chi connectivity index (χ1n) is 8.18. The molecule has 1 N–H and O–H groups in total. The van der Waals surface area contributed by atoms with Gasteiger partial charge >= 0.3 is 0 Å². The number of rotatable bonds is 5. The fourth-order valence-corrected chi connectivity index (χ4v) is 4.90. The molecule has 1 aromatic rings. The molecule has 2 unspecified atom stereocenters. The molecule has 0 aliphatic heterocycles. The molecule has 110 valence electrons. The minimum Gasteiger partial charge on any atom is -0.311 e. The van der Waals surface area contributed by atoms with Crippen molar-refractivity contribution in [3.8, 4) is 0 Å². The van der Waals surface area contributed by atoms with E-state index in [-0.39, 0.29) is 0 Å². The van der Waals surface area contributed by atoms with E-state index < -0.39 is 0 Å². The monoisotopic (exact) mass is 289 g/mol. The molecule has 20 heavy (non-hydrogen) atoms. The van der Waals surface area contributed by atoms with Gasteiger partial charge < -0.3 is 5.32 Å². The van der Waals surface area contributed by atoms with Gasteiger partial charge in [-0.3, -0.25) is 0 Å². The number of benzene rings is 1. The zero-order valence-electron chi connectivity index (χ0n) is 12.8. The number of thioether (sulfide) groups is 1. The van der Waals surface area contributed by atoms with Gasteiger partial charge in [0.05, 0.1) is 0 Å². The summed E-state index contributed by atoms with van der Waals surface area (Å²) in [4.78, 5) is 0. The molecule has 2 aliphatic carbocycles. The van der Waals surface area contributed by atoms with Crippen molar-refractivity contribution < 1.29 is 0 Å². The van der Waals surface area contributed by atoms with E-state index in [4.69, 9.17) is 0 Å². The average molecular weight is 289 g/mol. The summed E-state index contributed by atoms with van der Waals surface area (Å²) in [6.07, 6.45) is 6.88. The zero-order valence-corrected chi connectivity index (χ0v) is 13.6. The highest BCUT2D eigenvalue weighted by Gasteiger charge is 2.33. The van der Waals surface area contributed by atoms with Crippen LogP contribution < -0.4 is 5.32 Å². The fraction of sp³-hybridized carbons (Fsp3) is 0.667. The number of hydrogen-bond donors (Lipinski definition) is 1. The molecule has 2 fully saturated rings.